The highest BCUT2D eigenvalue weighted by Crippen LogP contribution is 2.26. The zero-order chi connectivity index (χ0) is 11.9. The molecule has 0 amide bonds. The molecule has 0 aliphatic carbocycles. The Morgan fingerprint density at radius 1 is 0.867 bits per heavy atom. The van der Waals surface area contributed by atoms with Gasteiger partial charge in [-0.1, -0.05) is 0 Å². The zero-order valence-corrected chi connectivity index (χ0v) is 13.2. The molecule has 0 aromatic rings. The molecule has 15 heavy (non-hydrogen) atoms. The van der Waals surface area contributed by atoms with Crippen molar-refractivity contribution in [2.75, 3.05) is 19.8 Å². The first kappa shape index (κ1) is 15.6. The third-order valence-electron chi connectivity index (χ3n) is 1.98. The summed E-state index contributed by atoms with van der Waals surface area (Å²) in [6, 6.07) is 0. The Morgan fingerprint density at radius 2 is 1.27 bits per heavy atom. The summed E-state index contributed by atoms with van der Waals surface area (Å²) < 4.78 is 17.1. The number of halogens is 1. The van der Waals surface area contributed by atoms with Crippen LogP contribution in [0.3, 0.4) is 0 Å². The van der Waals surface area contributed by atoms with E-state index in [1.54, 1.807) is 0 Å². The van der Waals surface area contributed by atoms with E-state index in [2.05, 4.69) is 6.55 Å². The van der Waals surface area contributed by atoms with Gasteiger partial charge in [0, 0.05) is 25.5 Å². The first-order chi connectivity index (χ1) is 6.89. The minimum Gasteiger partial charge on any atom is -0.404 e. The van der Waals surface area contributed by atoms with Crippen LogP contribution in [0.25, 0.3) is 0 Å². The molecule has 0 spiro atoms. The van der Waals surface area contributed by atoms with Crippen LogP contribution in [0.2, 0.25) is 18.8 Å². The third kappa shape index (κ3) is 6.70. The van der Waals surface area contributed by atoms with Crippen LogP contribution < -0.4 is 0 Å². The quantitative estimate of drug-likeness (QED) is 0.501. The predicted molar refractivity (Wildman–Crippen MR) is 68.8 cm³/mol. The molecule has 0 N–H and O–H groups in total. The zero-order valence-electron chi connectivity index (χ0n) is 10.4. The van der Waals surface area contributed by atoms with Crippen LogP contribution in [-0.2, 0) is 13.3 Å². The second-order valence-corrected chi connectivity index (χ2v) is 12.9. The summed E-state index contributed by atoms with van der Waals surface area (Å²) in [5.41, 5.74) is 0.775. The molecule has 0 aromatic heterocycles. The highest BCUT2D eigenvalue weighted by molar-refractivity contribution is 7.19. The van der Waals surface area contributed by atoms with Crippen molar-refractivity contribution in [1.29, 1.82) is 0 Å². The summed E-state index contributed by atoms with van der Waals surface area (Å²) in [7, 11) is -4.25. The largest absolute Gasteiger partial charge is 0.404 e. The van der Waals surface area contributed by atoms with E-state index in [9.17, 15) is 0 Å². The van der Waals surface area contributed by atoms with Crippen molar-refractivity contribution >= 4 is 27.3 Å². The lowest BCUT2D eigenvalue weighted by Gasteiger charge is -2.31. The van der Waals surface area contributed by atoms with Crippen LogP contribution >= 0.6 is 11.1 Å². The topological polar surface area (TPSA) is 27.7 Å². The van der Waals surface area contributed by atoms with Gasteiger partial charge in [-0.2, -0.15) is 0 Å². The summed E-state index contributed by atoms with van der Waals surface area (Å²) in [5.74, 6) is 0. The van der Waals surface area contributed by atoms with Crippen molar-refractivity contribution in [2.24, 2.45) is 0 Å². The molecule has 0 aliphatic heterocycles. The minimum absolute atomic E-state index is 0.662. The molecule has 0 bridgehead atoms. The molecule has 1 atom stereocenters. The Balaban J connectivity index is 4.37. The number of rotatable bonds is 8. The van der Waals surface area contributed by atoms with Crippen molar-refractivity contribution in [1.82, 2.24) is 0 Å². The molecule has 1 unspecified atom stereocenters. The highest BCUT2D eigenvalue weighted by atomic mass is 35.6. The van der Waals surface area contributed by atoms with E-state index in [1.807, 2.05) is 27.3 Å². The molecule has 6 heteroatoms. The van der Waals surface area contributed by atoms with E-state index in [-0.39, 0.29) is 0 Å². The predicted octanol–water partition coefficient (Wildman–Crippen LogP) is 3.02. The smallest absolute Gasteiger partial charge is 0.335 e. The monoisotopic (exact) mass is 270 g/mol. The number of hydrogen-bond donors (Lipinski definition) is 0. The molecular weight excluding hydrogens is 248 g/mol. The maximum absolute atomic E-state index is 6.38. The average Bonchev–Trinajstić information content (AvgIpc) is 2.02. The van der Waals surface area contributed by atoms with Gasteiger partial charge in [0.1, 0.15) is 0 Å². The fourth-order valence-corrected chi connectivity index (χ4v) is 11.9. The van der Waals surface area contributed by atoms with Crippen molar-refractivity contribution < 1.29 is 13.3 Å². The summed E-state index contributed by atoms with van der Waals surface area (Å²) in [6.45, 7) is 12.0. The Labute approximate surface area is 100 Å². The molecule has 0 fully saturated rings. The lowest BCUT2D eigenvalue weighted by molar-refractivity contribution is 0.191. The van der Waals surface area contributed by atoms with Crippen LogP contribution in [0.15, 0.2) is 0 Å². The Kier molecular flexibility index (Phi) is 7.32. The summed E-state index contributed by atoms with van der Waals surface area (Å²) >= 11 is 6.38. The average molecular weight is 271 g/mol. The summed E-state index contributed by atoms with van der Waals surface area (Å²) in [4.78, 5) is 0. The number of hydrogen-bond acceptors (Lipinski definition) is 3. The van der Waals surface area contributed by atoms with Crippen molar-refractivity contribution in [3.8, 4) is 0 Å². The maximum atomic E-state index is 6.38. The summed E-state index contributed by atoms with van der Waals surface area (Å²) in [6.07, 6.45) is 0. The van der Waals surface area contributed by atoms with Gasteiger partial charge in [0.25, 0.3) is 7.63 Å². The maximum Gasteiger partial charge on any atom is 0.335 e. The standard InChI is InChI=1S/C9H23ClO3Si2/c1-6-11-14(4,10)9-15(5,12-7-2)13-8-3/h6-9H2,1-5H3. The normalized spacial score (nSPS) is 16.4. The van der Waals surface area contributed by atoms with Crippen LogP contribution in [-0.4, -0.2) is 36.0 Å². The van der Waals surface area contributed by atoms with Crippen LogP contribution in [0, 0.1) is 0 Å². The lowest BCUT2D eigenvalue weighted by Crippen LogP contribution is -2.47. The van der Waals surface area contributed by atoms with E-state index < -0.39 is 16.2 Å². The van der Waals surface area contributed by atoms with E-state index >= 15 is 0 Å². The van der Waals surface area contributed by atoms with Crippen molar-refractivity contribution in [2.45, 2.75) is 39.5 Å². The molecular formula is C9H23ClO3Si2. The van der Waals surface area contributed by atoms with Gasteiger partial charge in [0.2, 0.25) is 0 Å². The van der Waals surface area contributed by atoms with Crippen LogP contribution in [0.5, 0.6) is 0 Å². The molecule has 0 rings (SSSR count). The molecule has 92 valence electrons. The molecule has 0 radical (unpaired) electrons. The van der Waals surface area contributed by atoms with Gasteiger partial charge in [0.05, 0.1) is 0 Å². The Bertz CT molecular complexity index is 173. The summed E-state index contributed by atoms with van der Waals surface area (Å²) in [5, 5.41) is 0. The molecule has 0 heterocycles. The molecule has 0 saturated heterocycles. The Morgan fingerprint density at radius 3 is 1.60 bits per heavy atom. The van der Waals surface area contributed by atoms with Crippen molar-refractivity contribution in [3.05, 3.63) is 0 Å². The molecule has 0 saturated carbocycles. The van der Waals surface area contributed by atoms with E-state index in [0.29, 0.717) is 19.8 Å². The van der Waals surface area contributed by atoms with Gasteiger partial charge < -0.3 is 13.3 Å². The highest BCUT2D eigenvalue weighted by Gasteiger charge is 2.42. The fourth-order valence-electron chi connectivity index (χ4n) is 1.68. The lowest BCUT2D eigenvalue weighted by atomic mass is 10.9. The van der Waals surface area contributed by atoms with Crippen LogP contribution in [0.1, 0.15) is 20.8 Å². The first-order valence-electron chi connectivity index (χ1n) is 5.50. The van der Waals surface area contributed by atoms with Gasteiger partial charge in [-0.15, -0.1) is 11.1 Å². The first-order valence-corrected chi connectivity index (χ1v) is 11.6. The molecule has 3 nitrogen and oxygen atoms in total. The van der Waals surface area contributed by atoms with E-state index in [1.165, 1.54) is 0 Å². The second-order valence-electron chi connectivity index (χ2n) is 3.71. The second kappa shape index (κ2) is 7.03. The SMILES string of the molecule is CCO[Si](C)(Cl)C[Si](C)(OCC)OCC. The van der Waals surface area contributed by atoms with E-state index in [4.69, 9.17) is 24.4 Å². The van der Waals surface area contributed by atoms with Gasteiger partial charge in [-0.25, -0.2) is 0 Å². The van der Waals surface area contributed by atoms with Crippen molar-refractivity contribution in [3.63, 3.8) is 0 Å². The minimum atomic E-state index is -2.13. The van der Waals surface area contributed by atoms with Gasteiger partial charge >= 0.3 is 8.56 Å². The van der Waals surface area contributed by atoms with Crippen LogP contribution in [0.4, 0.5) is 0 Å². The molecule has 0 aromatic carbocycles. The third-order valence-corrected chi connectivity index (χ3v) is 11.3. The van der Waals surface area contributed by atoms with Gasteiger partial charge in [0.15, 0.2) is 0 Å². The van der Waals surface area contributed by atoms with Gasteiger partial charge in [-0.05, 0) is 33.9 Å². The fraction of sp³-hybridized carbons (Fsp3) is 1.00. The van der Waals surface area contributed by atoms with E-state index in [0.717, 1.165) is 5.67 Å². The molecule has 0 aliphatic rings. The van der Waals surface area contributed by atoms with Gasteiger partial charge in [-0.3, -0.25) is 0 Å². The Hall–Kier alpha value is 0.604.